The molecule has 2 rings (SSSR count). The molecule has 1 aromatic carbocycles. The maximum atomic E-state index is 11.9. The average Bonchev–Trinajstić information content (AvgIpc) is 2.87. The molecule has 1 aliphatic rings. The summed E-state index contributed by atoms with van der Waals surface area (Å²) in [6.07, 6.45) is 1.41. The molecular formula is C16H23N3O2. The van der Waals surface area contributed by atoms with Crippen molar-refractivity contribution in [2.75, 3.05) is 36.4 Å². The Morgan fingerprint density at radius 1 is 1.24 bits per heavy atom. The number of carbonyl (C=O) groups excluding carboxylic acids is 2. The molecule has 5 heteroatoms. The minimum absolute atomic E-state index is 0.0713. The number of benzene rings is 1. The van der Waals surface area contributed by atoms with Gasteiger partial charge in [0.15, 0.2) is 0 Å². The van der Waals surface area contributed by atoms with Gasteiger partial charge in [-0.3, -0.25) is 9.59 Å². The molecule has 0 atom stereocenters. The molecule has 0 aromatic heterocycles. The molecule has 1 fully saturated rings. The number of likely N-dealkylation sites (tertiary alicyclic amines) is 1. The van der Waals surface area contributed by atoms with Gasteiger partial charge in [-0.25, -0.2) is 0 Å². The standard InChI is InChI=1S/C16H23N3O2/c1-3-18(4-2)14-9-7-13(8-10-14)17-15(20)12-19-11-5-6-16(19)21/h7-10H,3-6,11-12H2,1-2H3,(H,17,20). The van der Waals surface area contributed by atoms with Crippen LogP contribution >= 0.6 is 0 Å². The van der Waals surface area contributed by atoms with Crippen molar-refractivity contribution in [2.24, 2.45) is 0 Å². The van der Waals surface area contributed by atoms with Crippen molar-refractivity contribution < 1.29 is 9.59 Å². The molecule has 1 heterocycles. The Labute approximate surface area is 125 Å². The second kappa shape index (κ2) is 7.11. The first-order valence-electron chi connectivity index (χ1n) is 7.56. The van der Waals surface area contributed by atoms with Crippen molar-refractivity contribution in [1.29, 1.82) is 0 Å². The Kier molecular flexibility index (Phi) is 5.20. The summed E-state index contributed by atoms with van der Waals surface area (Å²) in [5, 5.41) is 2.84. The molecule has 0 bridgehead atoms. The van der Waals surface area contributed by atoms with Crippen molar-refractivity contribution >= 4 is 23.2 Å². The fraction of sp³-hybridized carbons (Fsp3) is 0.500. The summed E-state index contributed by atoms with van der Waals surface area (Å²) >= 11 is 0. The van der Waals surface area contributed by atoms with Crippen molar-refractivity contribution in [3.8, 4) is 0 Å². The van der Waals surface area contributed by atoms with E-state index in [4.69, 9.17) is 0 Å². The lowest BCUT2D eigenvalue weighted by Crippen LogP contribution is -2.33. The lowest BCUT2D eigenvalue weighted by molar-refractivity contribution is -0.131. The van der Waals surface area contributed by atoms with E-state index in [0.29, 0.717) is 13.0 Å². The van der Waals surface area contributed by atoms with Crippen molar-refractivity contribution in [1.82, 2.24) is 4.90 Å². The zero-order valence-electron chi connectivity index (χ0n) is 12.8. The molecule has 0 unspecified atom stereocenters. The number of carbonyl (C=O) groups is 2. The summed E-state index contributed by atoms with van der Waals surface area (Å²) in [5.74, 6) is -0.0668. The molecule has 0 aliphatic carbocycles. The van der Waals surface area contributed by atoms with Gasteiger partial charge in [0.25, 0.3) is 0 Å². The summed E-state index contributed by atoms with van der Waals surface area (Å²) in [6.45, 7) is 6.99. The van der Waals surface area contributed by atoms with E-state index < -0.39 is 0 Å². The second-order valence-electron chi connectivity index (χ2n) is 5.19. The van der Waals surface area contributed by atoms with Crippen LogP contribution in [0.25, 0.3) is 0 Å². The van der Waals surface area contributed by atoms with Gasteiger partial charge in [-0.1, -0.05) is 0 Å². The third kappa shape index (κ3) is 3.97. The van der Waals surface area contributed by atoms with Crippen LogP contribution in [0.15, 0.2) is 24.3 Å². The minimum Gasteiger partial charge on any atom is -0.372 e. The minimum atomic E-state index is -0.138. The maximum absolute atomic E-state index is 11.9. The first-order valence-corrected chi connectivity index (χ1v) is 7.56. The Morgan fingerprint density at radius 2 is 1.90 bits per heavy atom. The fourth-order valence-corrected chi connectivity index (χ4v) is 2.59. The summed E-state index contributed by atoms with van der Waals surface area (Å²) in [7, 11) is 0. The van der Waals surface area contributed by atoms with Crippen LogP contribution in [-0.2, 0) is 9.59 Å². The number of rotatable bonds is 6. The quantitative estimate of drug-likeness (QED) is 0.872. The van der Waals surface area contributed by atoms with Gasteiger partial charge in [0.05, 0.1) is 6.54 Å². The van der Waals surface area contributed by atoms with Gasteiger partial charge in [0.1, 0.15) is 0 Å². The summed E-state index contributed by atoms with van der Waals surface area (Å²) < 4.78 is 0. The van der Waals surface area contributed by atoms with Gasteiger partial charge >= 0.3 is 0 Å². The van der Waals surface area contributed by atoms with Gasteiger partial charge < -0.3 is 15.1 Å². The van der Waals surface area contributed by atoms with Crippen LogP contribution < -0.4 is 10.2 Å². The highest BCUT2D eigenvalue weighted by Gasteiger charge is 2.22. The predicted molar refractivity (Wildman–Crippen MR) is 84.4 cm³/mol. The highest BCUT2D eigenvalue weighted by molar-refractivity contribution is 5.95. The van der Waals surface area contributed by atoms with E-state index in [1.54, 1.807) is 4.90 Å². The fourth-order valence-electron chi connectivity index (χ4n) is 2.59. The van der Waals surface area contributed by atoms with Crippen molar-refractivity contribution in [3.63, 3.8) is 0 Å². The molecular weight excluding hydrogens is 266 g/mol. The lowest BCUT2D eigenvalue weighted by atomic mass is 10.2. The van der Waals surface area contributed by atoms with Crippen LogP contribution in [0.1, 0.15) is 26.7 Å². The number of hydrogen-bond donors (Lipinski definition) is 1. The van der Waals surface area contributed by atoms with E-state index >= 15 is 0 Å². The first-order chi connectivity index (χ1) is 10.1. The number of nitrogens with one attached hydrogen (secondary N) is 1. The molecule has 5 nitrogen and oxygen atoms in total. The Bertz CT molecular complexity index is 495. The summed E-state index contributed by atoms with van der Waals surface area (Å²) in [4.78, 5) is 27.3. The number of hydrogen-bond acceptors (Lipinski definition) is 3. The topological polar surface area (TPSA) is 52.7 Å². The highest BCUT2D eigenvalue weighted by Crippen LogP contribution is 2.18. The summed E-state index contributed by atoms with van der Waals surface area (Å²) in [5.41, 5.74) is 1.91. The normalized spacial score (nSPS) is 14.4. The average molecular weight is 289 g/mol. The molecule has 0 saturated carbocycles. The largest absolute Gasteiger partial charge is 0.372 e. The van der Waals surface area contributed by atoms with Crippen LogP contribution in [0.3, 0.4) is 0 Å². The number of anilines is 2. The van der Waals surface area contributed by atoms with Gasteiger partial charge in [-0.15, -0.1) is 0 Å². The van der Waals surface area contributed by atoms with Crippen LogP contribution in [0.5, 0.6) is 0 Å². The molecule has 114 valence electrons. The first kappa shape index (κ1) is 15.4. The molecule has 21 heavy (non-hydrogen) atoms. The summed E-state index contributed by atoms with van der Waals surface area (Å²) in [6, 6.07) is 7.81. The molecule has 1 saturated heterocycles. The molecule has 0 radical (unpaired) electrons. The molecule has 1 N–H and O–H groups in total. The maximum Gasteiger partial charge on any atom is 0.243 e. The van der Waals surface area contributed by atoms with E-state index in [-0.39, 0.29) is 18.4 Å². The second-order valence-corrected chi connectivity index (χ2v) is 5.19. The van der Waals surface area contributed by atoms with E-state index in [1.165, 1.54) is 0 Å². The van der Waals surface area contributed by atoms with Crippen molar-refractivity contribution in [3.05, 3.63) is 24.3 Å². The van der Waals surface area contributed by atoms with Gasteiger partial charge in [0.2, 0.25) is 11.8 Å². The SMILES string of the molecule is CCN(CC)c1ccc(NC(=O)CN2CCCC2=O)cc1. The van der Waals surface area contributed by atoms with Crippen LogP contribution in [0.2, 0.25) is 0 Å². The van der Waals surface area contributed by atoms with E-state index in [9.17, 15) is 9.59 Å². The van der Waals surface area contributed by atoms with Gasteiger partial charge in [-0.2, -0.15) is 0 Å². The number of amides is 2. The smallest absolute Gasteiger partial charge is 0.243 e. The van der Waals surface area contributed by atoms with E-state index in [1.807, 2.05) is 24.3 Å². The van der Waals surface area contributed by atoms with E-state index in [2.05, 4.69) is 24.1 Å². The molecule has 1 aromatic rings. The third-order valence-electron chi connectivity index (χ3n) is 3.79. The van der Waals surface area contributed by atoms with Gasteiger partial charge in [0, 0.05) is 37.4 Å². The third-order valence-corrected chi connectivity index (χ3v) is 3.79. The zero-order chi connectivity index (χ0) is 15.2. The Balaban J connectivity index is 1.90. The zero-order valence-corrected chi connectivity index (χ0v) is 12.8. The molecule has 0 spiro atoms. The van der Waals surface area contributed by atoms with Gasteiger partial charge in [-0.05, 0) is 44.5 Å². The van der Waals surface area contributed by atoms with Crippen LogP contribution in [0.4, 0.5) is 11.4 Å². The lowest BCUT2D eigenvalue weighted by Gasteiger charge is -2.21. The Morgan fingerprint density at radius 3 is 2.43 bits per heavy atom. The van der Waals surface area contributed by atoms with E-state index in [0.717, 1.165) is 30.9 Å². The number of nitrogens with zero attached hydrogens (tertiary/aromatic N) is 2. The van der Waals surface area contributed by atoms with Crippen molar-refractivity contribution in [2.45, 2.75) is 26.7 Å². The molecule has 1 aliphatic heterocycles. The van der Waals surface area contributed by atoms with Crippen LogP contribution in [0, 0.1) is 0 Å². The van der Waals surface area contributed by atoms with Crippen LogP contribution in [-0.4, -0.2) is 42.9 Å². The molecule has 2 amide bonds. The monoisotopic (exact) mass is 289 g/mol. The highest BCUT2D eigenvalue weighted by atomic mass is 16.2. The Hall–Kier alpha value is -2.04. The predicted octanol–water partition coefficient (Wildman–Crippen LogP) is 2.09.